The molecule has 1 amide bonds. The van der Waals surface area contributed by atoms with Crippen molar-refractivity contribution in [1.82, 2.24) is 10.2 Å². The zero-order chi connectivity index (χ0) is 14.4. The SMILES string of the molecule is CNCCC1CCN(C(=O)c2ccc(C#N)cc2)CC1.Cl. The third-order valence-corrected chi connectivity index (χ3v) is 3.97. The molecule has 0 saturated carbocycles. The molecular weight excluding hydrogens is 286 g/mol. The largest absolute Gasteiger partial charge is 0.339 e. The van der Waals surface area contributed by atoms with Crippen LogP contribution in [0.2, 0.25) is 0 Å². The van der Waals surface area contributed by atoms with Gasteiger partial charge in [0.05, 0.1) is 11.6 Å². The smallest absolute Gasteiger partial charge is 0.253 e. The minimum atomic E-state index is 0. The predicted octanol–water partition coefficient (Wildman–Crippen LogP) is 2.44. The fraction of sp³-hybridized carbons (Fsp3) is 0.500. The van der Waals surface area contributed by atoms with Crippen LogP contribution in [-0.2, 0) is 0 Å². The summed E-state index contributed by atoms with van der Waals surface area (Å²) in [5.74, 6) is 0.814. The number of amides is 1. The van der Waals surface area contributed by atoms with Gasteiger partial charge in [0.2, 0.25) is 0 Å². The predicted molar refractivity (Wildman–Crippen MR) is 85.6 cm³/mol. The Kier molecular flexibility index (Phi) is 7.21. The van der Waals surface area contributed by atoms with E-state index in [1.165, 1.54) is 6.42 Å². The van der Waals surface area contributed by atoms with E-state index in [0.717, 1.165) is 38.4 Å². The normalized spacial score (nSPS) is 15.1. The van der Waals surface area contributed by atoms with Gasteiger partial charge in [-0.15, -0.1) is 12.4 Å². The first-order chi connectivity index (χ1) is 9.74. The standard InChI is InChI=1S/C16H21N3O.ClH/c1-18-9-6-13-7-10-19(11-8-13)16(20)15-4-2-14(12-17)3-5-15;/h2-5,13,18H,6-11H2,1H3;1H. The molecule has 1 saturated heterocycles. The van der Waals surface area contributed by atoms with Crippen LogP contribution in [0.1, 0.15) is 35.2 Å². The van der Waals surface area contributed by atoms with Gasteiger partial charge in [0, 0.05) is 18.7 Å². The van der Waals surface area contributed by atoms with Crippen molar-refractivity contribution in [3.05, 3.63) is 35.4 Å². The molecule has 1 N–H and O–H groups in total. The van der Waals surface area contributed by atoms with Crippen LogP contribution in [0.5, 0.6) is 0 Å². The molecule has 1 aliphatic rings. The summed E-state index contributed by atoms with van der Waals surface area (Å²) in [5, 5.41) is 11.9. The number of hydrogen-bond acceptors (Lipinski definition) is 3. The van der Waals surface area contributed by atoms with Crippen LogP contribution in [0.25, 0.3) is 0 Å². The summed E-state index contributed by atoms with van der Waals surface area (Å²) >= 11 is 0. The molecular formula is C16H22ClN3O. The number of benzene rings is 1. The van der Waals surface area contributed by atoms with Gasteiger partial charge in [-0.05, 0) is 63.0 Å². The van der Waals surface area contributed by atoms with Gasteiger partial charge in [0.15, 0.2) is 0 Å². The third kappa shape index (κ3) is 4.73. The summed E-state index contributed by atoms with van der Waals surface area (Å²) in [7, 11) is 1.98. The number of likely N-dealkylation sites (tertiary alicyclic amines) is 1. The molecule has 1 aromatic carbocycles. The maximum atomic E-state index is 12.4. The molecule has 0 radical (unpaired) electrons. The molecule has 0 atom stereocenters. The van der Waals surface area contributed by atoms with Crippen LogP contribution in [0, 0.1) is 17.2 Å². The van der Waals surface area contributed by atoms with Crippen molar-refractivity contribution in [3.63, 3.8) is 0 Å². The fourth-order valence-corrected chi connectivity index (χ4v) is 2.64. The number of nitriles is 1. The average molecular weight is 308 g/mol. The average Bonchev–Trinajstić information content (AvgIpc) is 2.53. The maximum Gasteiger partial charge on any atom is 0.253 e. The van der Waals surface area contributed by atoms with Crippen molar-refractivity contribution in [1.29, 1.82) is 5.26 Å². The molecule has 4 nitrogen and oxygen atoms in total. The lowest BCUT2D eigenvalue weighted by atomic mass is 9.93. The van der Waals surface area contributed by atoms with Crippen molar-refractivity contribution < 1.29 is 4.79 Å². The Labute approximate surface area is 132 Å². The van der Waals surface area contributed by atoms with E-state index in [1.54, 1.807) is 24.3 Å². The van der Waals surface area contributed by atoms with Crippen molar-refractivity contribution in [2.24, 2.45) is 5.92 Å². The Balaban J connectivity index is 0.00000220. The van der Waals surface area contributed by atoms with Crippen molar-refractivity contribution in [2.45, 2.75) is 19.3 Å². The molecule has 1 aromatic rings. The molecule has 2 rings (SSSR count). The number of piperidine rings is 1. The van der Waals surface area contributed by atoms with E-state index in [4.69, 9.17) is 5.26 Å². The topological polar surface area (TPSA) is 56.1 Å². The van der Waals surface area contributed by atoms with Crippen molar-refractivity contribution in [2.75, 3.05) is 26.7 Å². The third-order valence-electron chi connectivity index (χ3n) is 3.97. The molecule has 0 aromatic heterocycles. The second kappa shape index (κ2) is 8.66. The minimum absolute atomic E-state index is 0. The van der Waals surface area contributed by atoms with Crippen molar-refractivity contribution in [3.8, 4) is 6.07 Å². The minimum Gasteiger partial charge on any atom is -0.339 e. The number of nitrogens with zero attached hydrogens (tertiary/aromatic N) is 2. The van der Waals surface area contributed by atoms with Crippen LogP contribution in [0.3, 0.4) is 0 Å². The van der Waals surface area contributed by atoms with Crippen LogP contribution >= 0.6 is 12.4 Å². The van der Waals surface area contributed by atoms with Gasteiger partial charge in [0.25, 0.3) is 5.91 Å². The summed E-state index contributed by atoms with van der Waals surface area (Å²) in [4.78, 5) is 14.3. The van der Waals surface area contributed by atoms with Gasteiger partial charge in [0.1, 0.15) is 0 Å². The van der Waals surface area contributed by atoms with Gasteiger partial charge in [-0.2, -0.15) is 5.26 Å². The second-order valence-electron chi connectivity index (χ2n) is 5.32. The highest BCUT2D eigenvalue weighted by Gasteiger charge is 2.23. The van der Waals surface area contributed by atoms with Crippen LogP contribution in [0.15, 0.2) is 24.3 Å². The van der Waals surface area contributed by atoms with E-state index in [9.17, 15) is 4.79 Å². The highest BCUT2D eigenvalue weighted by molar-refractivity contribution is 5.94. The molecule has 0 spiro atoms. The second-order valence-corrected chi connectivity index (χ2v) is 5.32. The Hall–Kier alpha value is -1.57. The van der Waals surface area contributed by atoms with Gasteiger partial charge in [-0.3, -0.25) is 4.79 Å². The lowest BCUT2D eigenvalue weighted by molar-refractivity contribution is 0.0687. The van der Waals surface area contributed by atoms with Crippen LogP contribution < -0.4 is 5.32 Å². The number of hydrogen-bond donors (Lipinski definition) is 1. The van der Waals surface area contributed by atoms with E-state index in [1.807, 2.05) is 11.9 Å². The van der Waals surface area contributed by atoms with E-state index in [-0.39, 0.29) is 18.3 Å². The number of carbonyl (C=O) groups is 1. The van der Waals surface area contributed by atoms with Crippen molar-refractivity contribution >= 4 is 18.3 Å². The number of halogens is 1. The number of rotatable bonds is 4. The molecule has 1 fully saturated rings. The van der Waals surface area contributed by atoms with Gasteiger partial charge in [-0.1, -0.05) is 0 Å². The first-order valence-corrected chi connectivity index (χ1v) is 7.18. The number of carbonyl (C=O) groups excluding carboxylic acids is 1. The Morgan fingerprint density at radius 2 is 1.95 bits per heavy atom. The lowest BCUT2D eigenvalue weighted by Gasteiger charge is -2.32. The molecule has 114 valence electrons. The Bertz CT molecular complexity index is 487. The zero-order valence-electron chi connectivity index (χ0n) is 12.3. The summed E-state index contributed by atoms with van der Waals surface area (Å²) < 4.78 is 0. The fourth-order valence-electron chi connectivity index (χ4n) is 2.64. The van der Waals surface area contributed by atoms with Gasteiger partial charge < -0.3 is 10.2 Å². The Morgan fingerprint density at radius 1 is 1.33 bits per heavy atom. The highest BCUT2D eigenvalue weighted by atomic mass is 35.5. The molecule has 21 heavy (non-hydrogen) atoms. The monoisotopic (exact) mass is 307 g/mol. The van der Waals surface area contributed by atoms with E-state index in [0.29, 0.717) is 11.1 Å². The van der Waals surface area contributed by atoms with Gasteiger partial charge >= 0.3 is 0 Å². The van der Waals surface area contributed by atoms with E-state index >= 15 is 0 Å². The highest BCUT2D eigenvalue weighted by Crippen LogP contribution is 2.21. The maximum absolute atomic E-state index is 12.4. The zero-order valence-corrected chi connectivity index (χ0v) is 13.2. The van der Waals surface area contributed by atoms with Crippen LogP contribution in [0.4, 0.5) is 0 Å². The molecule has 5 heteroatoms. The molecule has 1 aliphatic heterocycles. The quantitative estimate of drug-likeness (QED) is 0.929. The molecule has 0 aliphatic carbocycles. The molecule has 0 unspecified atom stereocenters. The number of nitrogens with one attached hydrogen (secondary N) is 1. The summed E-state index contributed by atoms with van der Waals surface area (Å²) in [5.41, 5.74) is 1.27. The molecule has 1 heterocycles. The van der Waals surface area contributed by atoms with E-state index in [2.05, 4.69) is 11.4 Å². The summed E-state index contributed by atoms with van der Waals surface area (Å²) in [6.45, 7) is 2.73. The van der Waals surface area contributed by atoms with Crippen LogP contribution in [-0.4, -0.2) is 37.5 Å². The molecule has 0 bridgehead atoms. The summed E-state index contributed by atoms with van der Waals surface area (Å²) in [6.07, 6.45) is 3.36. The summed E-state index contributed by atoms with van der Waals surface area (Å²) in [6, 6.07) is 8.96. The Morgan fingerprint density at radius 3 is 2.48 bits per heavy atom. The lowest BCUT2D eigenvalue weighted by Crippen LogP contribution is -2.38. The first-order valence-electron chi connectivity index (χ1n) is 7.18. The van der Waals surface area contributed by atoms with E-state index < -0.39 is 0 Å². The van der Waals surface area contributed by atoms with Gasteiger partial charge in [-0.25, -0.2) is 0 Å². The first kappa shape index (κ1) is 17.5.